The zero-order valence-corrected chi connectivity index (χ0v) is 7.92. The maximum atomic E-state index is 8.35. The molecule has 0 radical (unpaired) electrons. The van der Waals surface area contributed by atoms with E-state index in [4.69, 9.17) is 5.26 Å². The summed E-state index contributed by atoms with van der Waals surface area (Å²) in [5, 5.41) is 8.35. The molecule has 1 fully saturated rings. The second-order valence-corrected chi connectivity index (χ2v) is 3.64. The highest BCUT2D eigenvalue weighted by atomic mass is 15.2. The molecular weight excluding hydrogens is 148 g/mol. The molecule has 2 heteroatoms. The number of hydrogen-bond donors (Lipinski definition) is 0. The average Bonchev–Trinajstić information content (AvgIpc) is 2.46. The van der Waals surface area contributed by atoms with E-state index in [1.54, 1.807) is 0 Å². The molecule has 68 valence electrons. The highest BCUT2D eigenvalue weighted by Crippen LogP contribution is 2.16. The van der Waals surface area contributed by atoms with Crippen LogP contribution in [-0.2, 0) is 0 Å². The summed E-state index contributed by atoms with van der Waals surface area (Å²) < 4.78 is 0. The molecule has 1 rings (SSSR count). The van der Waals surface area contributed by atoms with Gasteiger partial charge < -0.3 is 4.90 Å². The quantitative estimate of drug-likeness (QED) is 0.598. The van der Waals surface area contributed by atoms with Gasteiger partial charge in [0.15, 0.2) is 0 Å². The van der Waals surface area contributed by atoms with E-state index >= 15 is 0 Å². The molecule has 0 aromatic carbocycles. The molecule has 2 nitrogen and oxygen atoms in total. The van der Waals surface area contributed by atoms with Crippen molar-refractivity contribution in [2.45, 2.75) is 45.1 Å². The topological polar surface area (TPSA) is 27.0 Å². The van der Waals surface area contributed by atoms with E-state index in [-0.39, 0.29) is 0 Å². The van der Waals surface area contributed by atoms with Gasteiger partial charge in [-0.2, -0.15) is 5.26 Å². The maximum Gasteiger partial charge on any atom is 0.0621 e. The summed E-state index contributed by atoms with van der Waals surface area (Å²) >= 11 is 0. The summed E-state index contributed by atoms with van der Waals surface area (Å²) in [5.74, 6) is 0. The van der Waals surface area contributed by atoms with E-state index in [1.807, 2.05) is 0 Å². The molecule has 0 bridgehead atoms. The molecular formula is C10H18N2. The third-order valence-corrected chi connectivity index (χ3v) is 2.67. The van der Waals surface area contributed by atoms with Crippen LogP contribution in [-0.4, -0.2) is 24.0 Å². The van der Waals surface area contributed by atoms with E-state index in [9.17, 15) is 0 Å². The Labute approximate surface area is 75.2 Å². The normalized spacial score (nSPS) is 24.2. The Morgan fingerprint density at radius 2 is 2.33 bits per heavy atom. The Kier molecular flexibility index (Phi) is 4.10. The third kappa shape index (κ3) is 2.83. The largest absolute Gasteiger partial charge is 0.301 e. The lowest BCUT2D eigenvalue weighted by molar-refractivity contribution is 0.263. The van der Waals surface area contributed by atoms with Gasteiger partial charge in [-0.3, -0.25) is 0 Å². The van der Waals surface area contributed by atoms with Crippen LogP contribution in [0.15, 0.2) is 0 Å². The molecule has 0 spiro atoms. The molecule has 1 unspecified atom stereocenters. The SMILES string of the molecule is CC1CCCN1CCCCC#N. The number of unbranched alkanes of at least 4 members (excludes halogenated alkanes) is 2. The lowest BCUT2D eigenvalue weighted by Gasteiger charge is -2.20. The van der Waals surface area contributed by atoms with Crippen LogP contribution < -0.4 is 0 Å². The van der Waals surface area contributed by atoms with Gasteiger partial charge in [0.25, 0.3) is 0 Å². The minimum Gasteiger partial charge on any atom is -0.301 e. The van der Waals surface area contributed by atoms with Crippen molar-refractivity contribution in [3.05, 3.63) is 0 Å². The molecule has 0 aliphatic carbocycles. The summed E-state index contributed by atoms with van der Waals surface area (Å²) in [6.07, 6.45) is 5.71. The highest BCUT2D eigenvalue weighted by molar-refractivity contribution is 4.75. The van der Waals surface area contributed by atoms with Crippen molar-refractivity contribution in [1.82, 2.24) is 4.90 Å². The van der Waals surface area contributed by atoms with Crippen LogP contribution in [0, 0.1) is 11.3 Å². The molecule has 0 amide bonds. The van der Waals surface area contributed by atoms with E-state index in [0.29, 0.717) is 0 Å². The van der Waals surface area contributed by atoms with Gasteiger partial charge in [-0.15, -0.1) is 0 Å². The van der Waals surface area contributed by atoms with Gasteiger partial charge in [-0.05, 0) is 45.7 Å². The van der Waals surface area contributed by atoms with Crippen LogP contribution >= 0.6 is 0 Å². The van der Waals surface area contributed by atoms with Crippen LogP contribution in [0.1, 0.15) is 39.0 Å². The van der Waals surface area contributed by atoms with Crippen molar-refractivity contribution < 1.29 is 0 Å². The Hall–Kier alpha value is -0.550. The summed E-state index contributed by atoms with van der Waals surface area (Å²) in [6.45, 7) is 4.77. The fraction of sp³-hybridized carbons (Fsp3) is 0.900. The predicted octanol–water partition coefficient (Wildman–Crippen LogP) is 2.16. The zero-order valence-electron chi connectivity index (χ0n) is 7.92. The van der Waals surface area contributed by atoms with Gasteiger partial charge in [-0.25, -0.2) is 0 Å². The van der Waals surface area contributed by atoms with Crippen LogP contribution in [0.4, 0.5) is 0 Å². The first-order chi connectivity index (χ1) is 5.84. The van der Waals surface area contributed by atoms with Crippen LogP contribution in [0.5, 0.6) is 0 Å². The Morgan fingerprint density at radius 1 is 1.50 bits per heavy atom. The van der Waals surface area contributed by atoms with Gasteiger partial charge in [0, 0.05) is 12.5 Å². The zero-order chi connectivity index (χ0) is 8.81. The molecule has 1 aliphatic heterocycles. The summed E-state index contributed by atoms with van der Waals surface area (Å²) in [7, 11) is 0. The lowest BCUT2D eigenvalue weighted by Crippen LogP contribution is -2.27. The van der Waals surface area contributed by atoms with Crippen LogP contribution in [0.3, 0.4) is 0 Å². The summed E-state index contributed by atoms with van der Waals surface area (Å²) in [5.41, 5.74) is 0. The number of hydrogen-bond acceptors (Lipinski definition) is 2. The summed E-state index contributed by atoms with van der Waals surface area (Å²) in [4.78, 5) is 2.54. The van der Waals surface area contributed by atoms with E-state index in [1.165, 1.54) is 32.4 Å². The number of rotatable bonds is 4. The number of nitrogens with zero attached hydrogens (tertiary/aromatic N) is 2. The van der Waals surface area contributed by atoms with E-state index in [0.717, 1.165) is 18.9 Å². The molecule has 1 aliphatic rings. The van der Waals surface area contributed by atoms with Gasteiger partial charge in [0.05, 0.1) is 6.07 Å². The average molecular weight is 166 g/mol. The van der Waals surface area contributed by atoms with Crippen molar-refractivity contribution in [3.63, 3.8) is 0 Å². The van der Waals surface area contributed by atoms with Crippen LogP contribution in [0.25, 0.3) is 0 Å². The highest BCUT2D eigenvalue weighted by Gasteiger charge is 2.18. The monoisotopic (exact) mass is 166 g/mol. The van der Waals surface area contributed by atoms with Gasteiger partial charge >= 0.3 is 0 Å². The molecule has 0 saturated carbocycles. The van der Waals surface area contributed by atoms with Crippen molar-refractivity contribution in [1.29, 1.82) is 5.26 Å². The standard InChI is InChI=1S/C10H18N2/c1-10-6-5-9-12(10)8-4-2-3-7-11/h10H,2-6,8-9H2,1H3. The van der Waals surface area contributed by atoms with Crippen molar-refractivity contribution >= 4 is 0 Å². The molecule has 1 saturated heterocycles. The smallest absolute Gasteiger partial charge is 0.0621 e. The van der Waals surface area contributed by atoms with Gasteiger partial charge in [0.1, 0.15) is 0 Å². The van der Waals surface area contributed by atoms with Gasteiger partial charge in [0.2, 0.25) is 0 Å². The molecule has 0 N–H and O–H groups in total. The van der Waals surface area contributed by atoms with Crippen LogP contribution in [0.2, 0.25) is 0 Å². The van der Waals surface area contributed by atoms with Gasteiger partial charge in [-0.1, -0.05) is 0 Å². The first-order valence-electron chi connectivity index (χ1n) is 4.95. The second-order valence-electron chi connectivity index (χ2n) is 3.64. The predicted molar refractivity (Wildman–Crippen MR) is 49.7 cm³/mol. The second kappa shape index (κ2) is 5.16. The number of nitriles is 1. The van der Waals surface area contributed by atoms with E-state index in [2.05, 4.69) is 17.9 Å². The van der Waals surface area contributed by atoms with E-state index < -0.39 is 0 Å². The van der Waals surface area contributed by atoms with Crippen molar-refractivity contribution in [2.24, 2.45) is 0 Å². The molecule has 0 aromatic heterocycles. The minimum atomic E-state index is 0.724. The van der Waals surface area contributed by atoms with Crippen molar-refractivity contribution in [3.8, 4) is 6.07 Å². The first kappa shape index (κ1) is 9.54. The number of likely N-dealkylation sites (tertiary alicyclic amines) is 1. The molecule has 1 heterocycles. The Balaban J connectivity index is 2.03. The lowest BCUT2D eigenvalue weighted by atomic mass is 10.2. The first-order valence-corrected chi connectivity index (χ1v) is 4.95. The fourth-order valence-corrected chi connectivity index (χ4v) is 1.84. The third-order valence-electron chi connectivity index (χ3n) is 2.67. The molecule has 12 heavy (non-hydrogen) atoms. The van der Waals surface area contributed by atoms with Crippen molar-refractivity contribution in [2.75, 3.05) is 13.1 Å². The minimum absolute atomic E-state index is 0.724. The summed E-state index contributed by atoms with van der Waals surface area (Å²) in [6, 6.07) is 2.97. The Morgan fingerprint density at radius 3 is 2.92 bits per heavy atom. The fourth-order valence-electron chi connectivity index (χ4n) is 1.84. The molecule has 0 aromatic rings. The molecule has 1 atom stereocenters. The Bertz CT molecular complexity index is 160. The maximum absolute atomic E-state index is 8.35.